The molecule has 0 aromatic heterocycles. The molecule has 2 aromatic carbocycles. The number of primary amides is 1. The first-order valence-corrected chi connectivity index (χ1v) is 9.94. The fourth-order valence-corrected chi connectivity index (χ4v) is 3.96. The van der Waals surface area contributed by atoms with Crippen LogP contribution in [0.2, 0.25) is 5.02 Å². The first-order chi connectivity index (χ1) is 14.0. The number of nitrogens with zero attached hydrogens (tertiary/aromatic N) is 1. The average molecular weight is 416 g/mol. The normalized spacial score (nSPS) is 16.4. The van der Waals surface area contributed by atoms with E-state index >= 15 is 0 Å². The van der Waals surface area contributed by atoms with Crippen molar-refractivity contribution in [3.8, 4) is 11.5 Å². The number of halogens is 1. The van der Waals surface area contributed by atoms with E-state index in [9.17, 15) is 9.59 Å². The number of amides is 2. The summed E-state index contributed by atoms with van der Waals surface area (Å²) in [6, 6.07) is 10.8. The number of para-hydroxylation sites is 2. The van der Waals surface area contributed by atoms with E-state index < -0.39 is 0 Å². The van der Waals surface area contributed by atoms with Crippen LogP contribution in [0.3, 0.4) is 0 Å². The van der Waals surface area contributed by atoms with Crippen molar-refractivity contribution in [3.05, 3.63) is 47.0 Å². The summed E-state index contributed by atoms with van der Waals surface area (Å²) in [6.07, 6.45) is 1.41. The van der Waals surface area contributed by atoms with Gasteiger partial charge in [0.1, 0.15) is 13.2 Å². The third-order valence-corrected chi connectivity index (χ3v) is 5.53. The first-order valence-electron chi connectivity index (χ1n) is 9.56. The van der Waals surface area contributed by atoms with E-state index in [1.54, 1.807) is 12.1 Å². The molecule has 1 fully saturated rings. The lowest BCUT2D eigenvalue weighted by Gasteiger charge is -2.33. The largest absolute Gasteiger partial charge is 0.486 e. The third-order valence-electron chi connectivity index (χ3n) is 5.25. The molecule has 0 radical (unpaired) electrons. The fraction of sp³-hybridized carbons (Fsp3) is 0.333. The Bertz CT molecular complexity index is 942. The molecule has 7 nitrogen and oxygen atoms in total. The Morgan fingerprint density at radius 1 is 1.10 bits per heavy atom. The van der Waals surface area contributed by atoms with Crippen molar-refractivity contribution in [2.75, 3.05) is 36.5 Å². The minimum atomic E-state index is -0.289. The van der Waals surface area contributed by atoms with E-state index in [0.29, 0.717) is 66.9 Å². The highest BCUT2D eigenvalue weighted by Gasteiger charge is 2.25. The zero-order valence-electron chi connectivity index (χ0n) is 15.8. The molecule has 152 valence electrons. The van der Waals surface area contributed by atoms with Gasteiger partial charge >= 0.3 is 0 Å². The second-order valence-electron chi connectivity index (χ2n) is 7.12. The standard InChI is InChI=1S/C21H22ClN3O4/c22-15-11-14(12-18-19(15)29-10-9-28-18)21(27)24-16-3-1-2-4-17(16)25-7-5-13(6-8-25)20(23)26/h1-4,11-13H,5-10H2,(H2,23,26)(H,24,27). The molecule has 2 aliphatic heterocycles. The molecule has 0 aliphatic carbocycles. The molecule has 0 bridgehead atoms. The number of ether oxygens (including phenoxy) is 2. The van der Waals surface area contributed by atoms with Crippen molar-refractivity contribution >= 4 is 34.8 Å². The van der Waals surface area contributed by atoms with Crippen LogP contribution in [0.5, 0.6) is 11.5 Å². The van der Waals surface area contributed by atoms with Gasteiger partial charge in [0.25, 0.3) is 5.91 Å². The van der Waals surface area contributed by atoms with E-state index in [1.807, 2.05) is 24.3 Å². The number of hydrogen-bond acceptors (Lipinski definition) is 5. The average Bonchev–Trinajstić information content (AvgIpc) is 2.74. The van der Waals surface area contributed by atoms with Gasteiger partial charge < -0.3 is 25.4 Å². The summed E-state index contributed by atoms with van der Waals surface area (Å²) in [7, 11) is 0. The van der Waals surface area contributed by atoms with Gasteiger partial charge in [-0.1, -0.05) is 23.7 Å². The smallest absolute Gasteiger partial charge is 0.255 e. The van der Waals surface area contributed by atoms with Crippen LogP contribution in [0, 0.1) is 5.92 Å². The molecule has 29 heavy (non-hydrogen) atoms. The van der Waals surface area contributed by atoms with Gasteiger partial charge in [0.2, 0.25) is 5.91 Å². The summed E-state index contributed by atoms with van der Waals surface area (Å²) < 4.78 is 11.1. The van der Waals surface area contributed by atoms with Crippen molar-refractivity contribution in [1.29, 1.82) is 0 Å². The zero-order valence-corrected chi connectivity index (χ0v) is 16.6. The van der Waals surface area contributed by atoms with Crippen LogP contribution < -0.4 is 25.4 Å². The van der Waals surface area contributed by atoms with Crippen molar-refractivity contribution in [3.63, 3.8) is 0 Å². The number of benzene rings is 2. The Balaban J connectivity index is 1.53. The quantitative estimate of drug-likeness (QED) is 0.800. The number of anilines is 2. The molecule has 2 aliphatic rings. The van der Waals surface area contributed by atoms with Crippen LogP contribution in [-0.2, 0) is 4.79 Å². The van der Waals surface area contributed by atoms with Gasteiger partial charge in [-0.15, -0.1) is 0 Å². The van der Waals surface area contributed by atoms with Gasteiger partial charge in [-0.3, -0.25) is 9.59 Å². The van der Waals surface area contributed by atoms with E-state index in [1.165, 1.54) is 0 Å². The minimum absolute atomic E-state index is 0.0899. The van der Waals surface area contributed by atoms with E-state index in [2.05, 4.69) is 10.2 Å². The number of nitrogens with one attached hydrogen (secondary N) is 1. The van der Waals surface area contributed by atoms with Crippen LogP contribution >= 0.6 is 11.6 Å². The number of carbonyl (C=O) groups is 2. The number of hydrogen-bond donors (Lipinski definition) is 2. The molecule has 1 saturated heterocycles. The lowest BCUT2D eigenvalue weighted by atomic mass is 9.96. The Labute approximate surface area is 173 Å². The maximum atomic E-state index is 12.9. The van der Waals surface area contributed by atoms with Gasteiger partial charge in [-0.25, -0.2) is 0 Å². The molecular formula is C21H22ClN3O4. The van der Waals surface area contributed by atoms with Crippen LogP contribution in [0.4, 0.5) is 11.4 Å². The molecule has 0 spiro atoms. The first kappa shape index (κ1) is 19.4. The number of nitrogens with two attached hydrogens (primary N) is 1. The number of rotatable bonds is 4. The predicted molar refractivity (Wildman–Crippen MR) is 111 cm³/mol. The summed E-state index contributed by atoms with van der Waals surface area (Å²) >= 11 is 6.26. The predicted octanol–water partition coefficient (Wildman–Crippen LogP) is 3.07. The third kappa shape index (κ3) is 4.10. The second-order valence-corrected chi connectivity index (χ2v) is 7.52. The van der Waals surface area contributed by atoms with Gasteiger partial charge in [-0.05, 0) is 37.1 Å². The Morgan fingerprint density at radius 3 is 2.59 bits per heavy atom. The summed E-state index contributed by atoms with van der Waals surface area (Å²) in [5, 5.41) is 3.31. The SMILES string of the molecule is NC(=O)C1CCN(c2ccccc2NC(=O)c2cc(Cl)c3c(c2)OCCO3)CC1. The fourth-order valence-electron chi connectivity index (χ4n) is 3.70. The van der Waals surface area contributed by atoms with E-state index in [-0.39, 0.29) is 17.7 Å². The summed E-state index contributed by atoms with van der Waals surface area (Å²) in [5.74, 6) is 0.306. The summed E-state index contributed by atoms with van der Waals surface area (Å²) in [6.45, 7) is 2.25. The Morgan fingerprint density at radius 2 is 1.83 bits per heavy atom. The molecule has 0 unspecified atom stereocenters. The summed E-state index contributed by atoms with van der Waals surface area (Å²) in [5.41, 5.74) is 7.42. The Kier molecular flexibility index (Phi) is 5.49. The molecule has 3 N–H and O–H groups in total. The highest BCUT2D eigenvalue weighted by atomic mass is 35.5. The number of piperidine rings is 1. The molecule has 0 atom stereocenters. The Hall–Kier alpha value is -2.93. The van der Waals surface area contributed by atoms with Crippen LogP contribution in [0.15, 0.2) is 36.4 Å². The highest BCUT2D eigenvalue weighted by molar-refractivity contribution is 6.32. The van der Waals surface area contributed by atoms with Crippen LogP contribution in [0.25, 0.3) is 0 Å². The summed E-state index contributed by atoms with van der Waals surface area (Å²) in [4.78, 5) is 26.5. The maximum Gasteiger partial charge on any atom is 0.255 e. The van der Waals surface area contributed by atoms with E-state index in [0.717, 1.165) is 5.69 Å². The lowest BCUT2D eigenvalue weighted by molar-refractivity contribution is -0.122. The van der Waals surface area contributed by atoms with Crippen molar-refractivity contribution in [2.24, 2.45) is 11.7 Å². The molecule has 4 rings (SSSR count). The minimum Gasteiger partial charge on any atom is -0.486 e. The molecule has 2 amide bonds. The molecule has 8 heteroatoms. The van der Waals surface area contributed by atoms with Crippen LogP contribution in [-0.4, -0.2) is 38.1 Å². The van der Waals surface area contributed by atoms with Crippen molar-refractivity contribution in [1.82, 2.24) is 0 Å². The van der Waals surface area contributed by atoms with Gasteiger partial charge in [0.15, 0.2) is 11.5 Å². The zero-order chi connectivity index (χ0) is 20.4. The van der Waals surface area contributed by atoms with Crippen molar-refractivity contribution in [2.45, 2.75) is 12.8 Å². The monoisotopic (exact) mass is 415 g/mol. The highest BCUT2D eigenvalue weighted by Crippen LogP contribution is 2.38. The number of fused-ring (bicyclic) bond motifs is 1. The molecule has 2 heterocycles. The van der Waals surface area contributed by atoms with Gasteiger partial charge in [0.05, 0.1) is 16.4 Å². The lowest BCUT2D eigenvalue weighted by Crippen LogP contribution is -2.38. The van der Waals surface area contributed by atoms with Crippen LogP contribution in [0.1, 0.15) is 23.2 Å². The topological polar surface area (TPSA) is 93.9 Å². The molecule has 0 saturated carbocycles. The molecular weight excluding hydrogens is 394 g/mol. The maximum absolute atomic E-state index is 12.9. The molecule has 2 aromatic rings. The second kappa shape index (κ2) is 8.21. The van der Waals surface area contributed by atoms with Gasteiger partial charge in [-0.2, -0.15) is 0 Å². The number of carbonyl (C=O) groups excluding carboxylic acids is 2. The van der Waals surface area contributed by atoms with Gasteiger partial charge in [0, 0.05) is 24.6 Å². The van der Waals surface area contributed by atoms with Crippen molar-refractivity contribution < 1.29 is 19.1 Å². The van der Waals surface area contributed by atoms with E-state index in [4.69, 9.17) is 26.8 Å².